The van der Waals surface area contributed by atoms with Crippen LogP contribution in [0.15, 0.2) is 149 Å². The average Bonchev–Trinajstić information content (AvgIpc) is 3.39. The molecule has 0 unspecified atom stereocenters. The minimum Gasteiger partial charge on any atom is -0.462 e. The number of nitrogens with zero attached hydrogens (tertiary/aromatic N) is 3. The molecule has 0 saturated carbocycles. The highest BCUT2D eigenvalue weighted by atomic mass is 16.5. The third-order valence-corrected chi connectivity index (χ3v) is 7.60. The van der Waals surface area contributed by atoms with Gasteiger partial charge in [0.15, 0.2) is 5.42 Å². The Hall–Kier alpha value is -5.88. The van der Waals surface area contributed by atoms with E-state index in [1.54, 1.807) is 25.1 Å². The summed E-state index contributed by atoms with van der Waals surface area (Å²) in [5, 5.41) is 0.697. The van der Waals surface area contributed by atoms with E-state index in [1.165, 1.54) is 5.56 Å². The molecule has 0 aliphatic carbocycles. The summed E-state index contributed by atoms with van der Waals surface area (Å²) in [7, 11) is 0. The van der Waals surface area contributed by atoms with Crippen molar-refractivity contribution in [3.63, 3.8) is 0 Å². The van der Waals surface area contributed by atoms with Gasteiger partial charge in [-0.2, -0.15) is 4.99 Å². The van der Waals surface area contributed by atoms with Gasteiger partial charge in [-0.05, 0) is 79.1 Å². The standard InChI is InChI=1S/C40H35N3O3/c1-3-45-39(44)36-21-13-14-22-37(36)41-40-42(28-27-31-15-7-4-8-16-31)30(2)38(46-40)29-32-23-25-35(26-24-32)43(33-17-9-5-10-18-33)34-19-11-6-12-20-34/h4-26,29H,2-3,27-28H2,1H3/b38-29+,41-40?. The second-order valence-corrected chi connectivity index (χ2v) is 10.7. The highest BCUT2D eigenvalue weighted by Crippen LogP contribution is 2.34. The van der Waals surface area contributed by atoms with Gasteiger partial charge < -0.3 is 14.1 Å². The summed E-state index contributed by atoms with van der Waals surface area (Å²) in [5.74, 6) is -0.425. The largest absolute Gasteiger partial charge is 0.462 e. The van der Waals surface area contributed by atoms with Gasteiger partial charge in [-0.3, -0.25) is 4.57 Å². The van der Waals surface area contributed by atoms with Crippen LogP contribution in [0.1, 0.15) is 28.4 Å². The average molecular weight is 606 g/mol. The van der Waals surface area contributed by atoms with Crippen molar-refractivity contribution in [3.8, 4) is 0 Å². The summed E-state index contributed by atoms with van der Waals surface area (Å²) in [6.07, 6.45) is 2.73. The zero-order chi connectivity index (χ0) is 31.7. The molecule has 228 valence electrons. The fourth-order valence-corrected chi connectivity index (χ4v) is 5.30. The van der Waals surface area contributed by atoms with Crippen molar-refractivity contribution in [2.24, 2.45) is 4.99 Å². The van der Waals surface area contributed by atoms with Crippen LogP contribution < -0.4 is 21.3 Å². The SMILES string of the molecule is C=c1/c(=C\c2ccc(N(c3ccccc3)c3ccccc3)cc2)oc(=Nc2ccccc2C(=O)OCC)n1CCc1ccccc1. The molecule has 0 saturated heterocycles. The van der Waals surface area contributed by atoms with Crippen molar-refractivity contribution in [1.82, 2.24) is 4.57 Å². The third-order valence-electron chi connectivity index (χ3n) is 7.60. The first-order valence-corrected chi connectivity index (χ1v) is 15.4. The van der Waals surface area contributed by atoms with E-state index < -0.39 is 5.97 Å². The lowest BCUT2D eigenvalue weighted by molar-refractivity contribution is 0.0527. The predicted molar refractivity (Wildman–Crippen MR) is 184 cm³/mol. The van der Waals surface area contributed by atoms with Gasteiger partial charge in [0.25, 0.3) is 0 Å². The molecule has 0 fully saturated rings. The summed E-state index contributed by atoms with van der Waals surface area (Å²) in [5.41, 5.74) is 7.14. The van der Waals surface area contributed by atoms with Crippen molar-refractivity contribution in [1.29, 1.82) is 0 Å². The molecule has 5 aromatic carbocycles. The van der Waals surface area contributed by atoms with Gasteiger partial charge >= 0.3 is 11.7 Å². The fourth-order valence-electron chi connectivity index (χ4n) is 5.30. The summed E-state index contributed by atoms with van der Waals surface area (Å²) in [6, 6.07) is 46.3. The second-order valence-electron chi connectivity index (χ2n) is 10.7. The Bertz CT molecular complexity index is 2040. The monoisotopic (exact) mass is 605 g/mol. The predicted octanol–water partition coefficient (Wildman–Crippen LogP) is 7.44. The first-order valence-electron chi connectivity index (χ1n) is 15.4. The number of ether oxygens (including phenoxy) is 1. The number of aryl methyl sites for hydroxylation is 1. The van der Waals surface area contributed by atoms with Crippen LogP contribution in [0, 0.1) is 0 Å². The Kier molecular flexibility index (Phi) is 9.35. The number of carbonyl (C=O) groups is 1. The molecule has 0 spiro atoms. The van der Waals surface area contributed by atoms with Crippen molar-refractivity contribution in [2.75, 3.05) is 11.5 Å². The Morgan fingerprint density at radius 1 is 0.783 bits per heavy atom. The number of para-hydroxylation sites is 3. The molecule has 6 heteroatoms. The van der Waals surface area contributed by atoms with E-state index in [9.17, 15) is 4.79 Å². The van der Waals surface area contributed by atoms with Crippen LogP contribution >= 0.6 is 0 Å². The van der Waals surface area contributed by atoms with Crippen molar-refractivity contribution in [2.45, 2.75) is 19.9 Å². The Morgan fingerprint density at radius 3 is 1.98 bits per heavy atom. The number of oxazole rings is 1. The molecule has 0 aliphatic rings. The molecule has 1 heterocycles. The Morgan fingerprint density at radius 2 is 1.35 bits per heavy atom. The summed E-state index contributed by atoms with van der Waals surface area (Å²) >= 11 is 0. The van der Waals surface area contributed by atoms with Crippen LogP contribution in [-0.2, 0) is 17.7 Å². The van der Waals surface area contributed by atoms with Crippen LogP contribution in [0.4, 0.5) is 22.7 Å². The molecule has 1 aromatic heterocycles. The van der Waals surface area contributed by atoms with Gasteiger partial charge in [0.05, 0.1) is 23.2 Å². The Labute approximate surface area is 268 Å². The number of aromatic nitrogens is 1. The van der Waals surface area contributed by atoms with E-state index >= 15 is 0 Å². The molecular weight excluding hydrogens is 570 g/mol. The molecule has 0 amide bonds. The minimum absolute atomic E-state index is 0.278. The summed E-state index contributed by atoms with van der Waals surface area (Å²) in [4.78, 5) is 19.7. The maximum absolute atomic E-state index is 12.7. The van der Waals surface area contributed by atoms with E-state index in [0.29, 0.717) is 34.2 Å². The van der Waals surface area contributed by atoms with Crippen LogP contribution in [0.25, 0.3) is 12.7 Å². The van der Waals surface area contributed by atoms with Gasteiger partial charge in [0.1, 0.15) is 0 Å². The number of hydrogen-bond acceptors (Lipinski definition) is 5. The van der Waals surface area contributed by atoms with E-state index in [0.717, 1.165) is 29.0 Å². The molecule has 0 N–H and O–H groups in total. The first-order chi connectivity index (χ1) is 22.6. The minimum atomic E-state index is -0.425. The maximum atomic E-state index is 12.7. The zero-order valence-electron chi connectivity index (χ0n) is 25.8. The quantitative estimate of drug-likeness (QED) is 0.152. The molecular formula is C40H35N3O3. The van der Waals surface area contributed by atoms with Gasteiger partial charge in [0.2, 0.25) is 0 Å². The number of carbonyl (C=O) groups excluding carboxylic acids is 1. The second kappa shape index (κ2) is 14.3. The zero-order valence-corrected chi connectivity index (χ0v) is 25.8. The highest BCUT2D eigenvalue weighted by molar-refractivity contribution is 5.94. The number of hydrogen-bond donors (Lipinski definition) is 0. The lowest BCUT2D eigenvalue weighted by atomic mass is 10.1. The summed E-state index contributed by atoms with van der Waals surface area (Å²) < 4.78 is 13.6. The number of esters is 1. The highest BCUT2D eigenvalue weighted by Gasteiger charge is 2.14. The van der Waals surface area contributed by atoms with Crippen molar-refractivity contribution < 1.29 is 13.9 Å². The van der Waals surface area contributed by atoms with Crippen LogP contribution in [-0.4, -0.2) is 17.1 Å². The van der Waals surface area contributed by atoms with Crippen molar-refractivity contribution in [3.05, 3.63) is 173 Å². The van der Waals surface area contributed by atoms with Gasteiger partial charge in [-0.25, -0.2) is 4.79 Å². The number of rotatable bonds is 10. The third kappa shape index (κ3) is 6.92. The van der Waals surface area contributed by atoms with E-state index in [1.807, 2.05) is 71.3 Å². The van der Waals surface area contributed by atoms with Gasteiger partial charge in [-0.1, -0.05) is 97.6 Å². The number of anilines is 3. The summed E-state index contributed by atoms with van der Waals surface area (Å²) in [6.45, 7) is 7.04. The molecule has 6 rings (SSSR count). The molecule has 6 aromatic rings. The fraction of sp³-hybridized carbons (Fsp3) is 0.100. The van der Waals surface area contributed by atoms with E-state index in [-0.39, 0.29) is 6.61 Å². The lowest BCUT2D eigenvalue weighted by Gasteiger charge is -2.25. The van der Waals surface area contributed by atoms with Crippen LogP contribution in [0.5, 0.6) is 0 Å². The van der Waals surface area contributed by atoms with Crippen LogP contribution in [0.3, 0.4) is 0 Å². The van der Waals surface area contributed by atoms with Crippen molar-refractivity contribution >= 4 is 41.4 Å². The molecule has 0 aliphatic heterocycles. The van der Waals surface area contributed by atoms with Gasteiger partial charge in [0, 0.05) is 23.6 Å². The van der Waals surface area contributed by atoms with Gasteiger partial charge in [-0.15, -0.1) is 0 Å². The molecule has 0 bridgehead atoms. The van der Waals surface area contributed by atoms with Crippen LogP contribution in [0.2, 0.25) is 0 Å². The molecule has 46 heavy (non-hydrogen) atoms. The maximum Gasteiger partial charge on any atom is 0.340 e. The Balaban J connectivity index is 1.40. The smallest absolute Gasteiger partial charge is 0.340 e. The molecule has 0 atom stereocenters. The normalized spacial score (nSPS) is 11.8. The topological polar surface area (TPSA) is 60.0 Å². The van der Waals surface area contributed by atoms with E-state index in [4.69, 9.17) is 14.1 Å². The lowest BCUT2D eigenvalue weighted by Crippen LogP contribution is -2.32. The van der Waals surface area contributed by atoms with E-state index in [2.05, 4.69) is 72.1 Å². The first kappa shape index (κ1) is 30.2. The molecule has 0 radical (unpaired) electrons. The molecule has 6 nitrogen and oxygen atoms in total. The number of benzene rings is 5.